The maximum absolute atomic E-state index is 12.6. The van der Waals surface area contributed by atoms with Crippen LogP contribution in [0.2, 0.25) is 0 Å². The van der Waals surface area contributed by atoms with E-state index in [9.17, 15) is 9.59 Å². The van der Waals surface area contributed by atoms with Gasteiger partial charge in [0.05, 0.1) is 6.61 Å². The average Bonchev–Trinajstić information content (AvgIpc) is 2.98. The van der Waals surface area contributed by atoms with Crippen LogP contribution in [0.4, 0.5) is 0 Å². The van der Waals surface area contributed by atoms with Gasteiger partial charge in [-0.25, -0.2) is 0 Å². The Kier molecular flexibility index (Phi) is 5.09. The third kappa shape index (κ3) is 3.25. The van der Waals surface area contributed by atoms with Crippen molar-refractivity contribution in [3.8, 4) is 0 Å². The SMILES string of the molecule is CCCOC(=O)[C@H]1C(=O)C[C@@H](c2ccccc2)[C@@H]1c1ccccc1. The molecule has 0 spiro atoms. The summed E-state index contributed by atoms with van der Waals surface area (Å²) >= 11 is 0. The lowest BCUT2D eigenvalue weighted by molar-refractivity contribution is -0.151. The molecule has 3 nitrogen and oxygen atoms in total. The van der Waals surface area contributed by atoms with E-state index in [1.165, 1.54) is 0 Å². The van der Waals surface area contributed by atoms with E-state index in [-0.39, 0.29) is 23.6 Å². The lowest BCUT2D eigenvalue weighted by atomic mass is 9.80. The van der Waals surface area contributed by atoms with Crippen molar-refractivity contribution in [2.75, 3.05) is 6.61 Å². The third-order valence-electron chi connectivity index (χ3n) is 4.68. The second kappa shape index (κ2) is 7.43. The second-order valence-electron chi connectivity index (χ2n) is 6.27. The van der Waals surface area contributed by atoms with Gasteiger partial charge in [-0.1, -0.05) is 67.6 Å². The van der Waals surface area contributed by atoms with Gasteiger partial charge >= 0.3 is 5.97 Å². The molecule has 0 radical (unpaired) electrons. The number of rotatable bonds is 5. The van der Waals surface area contributed by atoms with E-state index in [1.54, 1.807) is 0 Å². The zero-order valence-electron chi connectivity index (χ0n) is 13.9. The van der Waals surface area contributed by atoms with Crippen LogP contribution in [0, 0.1) is 5.92 Å². The van der Waals surface area contributed by atoms with Gasteiger partial charge in [0, 0.05) is 12.3 Å². The third-order valence-corrected chi connectivity index (χ3v) is 4.68. The summed E-state index contributed by atoms with van der Waals surface area (Å²) in [5.41, 5.74) is 2.13. The van der Waals surface area contributed by atoms with Gasteiger partial charge in [-0.3, -0.25) is 9.59 Å². The highest BCUT2D eigenvalue weighted by Crippen LogP contribution is 2.48. The fraction of sp³-hybridized carbons (Fsp3) is 0.333. The quantitative estimate of drug-likeness (QED) is 0.615. The molecule has 124 valence electrons. The smallest absolute Gasteiger partial charge is 0.317 e. The summed E-state index contributed by atoms with van der Waals surface area (Å²) in [6.07, 6.45) is 1.14. The monoisotopic (exact) mass is 322 g/mol. The average molecular weight is 322 g/mol. The molecule has 0 aliphatic heterocycles. The summed E-state index contributed by atoms with van der Waals surface area (Å²) in [7, 11) is 0. The fourth-order valence-corrected chi connectivity index (χ4v) is 3.60. The number of ketones is 1. The maximum atomic E-state index is 12.6. The molecule has 2 aromatic rings. The second-order valence-corrected chi connectivity index (χ2v) is 6.27. The van der Waals surface area contributed by atoms with E-state index >= 15 is 0 Å². The van der Waals surface area contributed by atoms with E-state index in [0.717, 1.165) is 17.5 Å². The highest BCUT2D eigenvalue weighted by atomic mass is 16.5. The van der Waals surface area contributed by atoms with Gasteiger partial charge in [-0.15, -0.1) is 0 Å². The van der Waals surface area contributed by atoms with Crippen molar-refractivity contribution in [3.05, 3.63) is 71.8 Å². The summed E-state index contributed by atoms with van der Waals surface area (Å²) < 4.78 is 5.32. The van der Waals surface area contributed by atoms with Gasteiger partial charge in [0.25, 0.3) is 0 Å². The molecule has 1 fully saturated rings. The van der Waals surface area contributed by atoms with Gasteiger partial charge < -0.3 is 4.74 Å². The Bertz CT molecular complexity index is 694. The molecule has 0 heterocycles. The van der Waals surface area contributed by atoms with Crippen molar-refractivity contribution in [1.82, 2.24) is 0 Å². The topological polar surface area (TPSA) is 43.4 Å². The molecule has 1 aliphatic carbocycles. The van der Waals surface area contributed by atoms with E-state index in [4.69, 9.17) is 4.74 Å². The van der Waals surface area contributed by atoms with Crippen LogP contribution < -0.4 is 0 Å². The van der Waals surface area contributed by atoms with E-state index < -0.39 is 5.92 Å². The summed E-state index contributed by atoms with van der Waals surface area (Å²) in [5, 5.41) is 0. The zero-order chi connectivity index (χ0) is 16.9. The standard InChI is InChI=1S/C21H22O3/c1-2-13-24-21(23)20-18(22)14-17(15-9-5-3-6-10-15)19(20)16-11-7-4-8-12-16/h3-12,17,19-20H,2,13-14H2,1H3/t17-,19-,20-/m0/s1. The van der Waals surface area contributed by atoms with Gasteiger partial charge in [-0.2, -0.15) is 0 Å². The van der Waals surface area contributed by atoms with Crippen molar-refractivity contribution >= 4 is 11.8 Å². The van der Waals surface area contributed by atoms with Crippen LogP contribution in [0.3, 0.4) is 0 Å². The number of Topliss-reactive ketones (excluding diaryl/α,β-unsaturated/α-hetero) is 1. The molecule has 24 heavy (non-hydrogen) atoms. The molecular weight excluding hydrogens is 300 g/mol. The Hall–Kier alpha value is -2.42. The minimum atomic E-state index is -0.704. The molecule has 0 amide bonds. The highest BCUT2D eigenvalue weighted by molar-refractivity contribution is 6.02. The number of ether oxygens (including phenoxy) is 1. The number of carbonyl (C=O) groups excluding carboxylic acids is 2. The molecule has 0 bridgehead atoms. The Morgan fingerprint density at radius 1 is 1.00 bits per heavy atom. The number of hydrogen-bond donors (Lipinski definition) is 0. The molecule has 0 aromatic heterocycles. The molecule has 3 heteroatoms. The van der Waals surface area contributed by atoms with E-state index in [0.29, 0.717) is 13.0 Å². The van der Waals surface area contributed by atoms with Crippen molar-refractivity contribution in [2.45, 2.75) is 31.6 Å². The summed E-state index contributed by atoms with van der Waals surface area (Å²) in [6, 6.07) is 19.8. The Morgan fingerprint density at radius 2 is 1.58 bits per heavy atom. The number of benzene rings is 2. The molecule has 3 rings (SSSR count). The minimum absolute atomic E-state index is 0.0141. The van der Waals surface area contributed by atoms with Crippen molar-refractivity contribution < 1.29 is 14.3 Å². The first-order chi connectivity index (χ1) is 11.7. The van der Waals surface area contributed by atoms with Crippen LogP contribution >= 0.6 is 0 Å². The summed E-state index contributed by atoms with van der Waals surface area (Å²) in [6.45, 7) is 2.31. The fourth-order valence-electron chi connectivity index (χ4n) is 3.60. The molecule has 0 unspecified atom stereocenters. The van der Waals surface area contributed by atoms with Crippen LogP contribution in [-0.4, -0.2) is 18.4 Å². The Morgan fingerprint density at radius 3 is 2.17 bits per heavy atom. The van der Waals surface area contributed by atoms with E-state index in [1.807, 2.05) is 67.6 Å². The van der Waals surface area contributed by atoms with Crippen LogP contribution in [0.15, 0.2) is 60.7 Å². The molecule has 1 saturated carbocycles. The van der Waals surface area contributed by atoms with Crippen molar-refractivity contribution in [2.24, 2.45) is 5.92 Å². The van der Waals surface area contributed by atoms with E-state index in [2.05, 4.69) is 0 Å². The lowest BCUT2D eigenvalue weighted by Crippen LogP contribution is -2.27. The summed E-state index contributed by atoms with van der Waals surface area (Å²) in [5.74, 6) is -1.25. The maximum Gasteiger partial charge on any atom is 0.317 e. The molecule has 2 aromatic carbocycles. The number of hydrogen-bond acceptors (Lipinski definition) is 3. The number of carbonyl (C=O) groups is 2. The first-order valence-corrected chi connectivity index (χ1v) is 8.51. The molecular formula is C21H22O3. The number of esters is 1. The van der Waals surface area contributed by atoms with Crippen LogP contribution in [-0.2, 0) is 14.3 Å². The predicted octanol–water partition coefficient (Wildman–Crippen LogP) is 4.10. The molecule has 3 atom stereocenters. The van der Waals surface area contributed by atoms with Gasteiger partial charge in [0.2, 0.25) is 0 Å². The molecule has 0 saturated heterocycles. The van der Waals surface area contributed by atoms with Crippen LogP contribution in [0.1, 0.15) is 42.7 Å². The highest BCUT2D eigenvalue weighted by Gasteiger charge is 2.48. The first kappa shape index (κ1) is 16.4. The lowest BCUT2D eigenvalue weighted by Gasteiger charge is -2.24. The first-order valence-electron chi connectivity index (χ1n) is 8.51. The predicted molar refractivity (Wildman–Crippen MR) is 92.7 cm³/mol. The Balaban J connectivity index is 1.98. The normalized spacial score (nSPS) is 23.2. The minimum Gasteiger partial charge on any atom is -0.465 e. The van der Waals surface area contributed by atoms with Crippen LogP contribution in [0.25, 0.3) is 0 Å². The zero-order valence-corrected chi connectivity index (χ0v) is 13.9. The van der Waals surface area contributed by atoms with Crippen LogP contribution in [0.5, 0.6) is 0 Å². The van der Waals surface area contributed by atoms with Crippen molar-refractivity contribution in [1.29, 1.82) is 0 Å². The molecule has 0 N–H and O–H groups in total. The van der Waals surface area contributed by atoms with Gasteiger partial charge in [-0.05, 0) is 23.5 Å². The Labute approximate surface area is 142 Å². The van der Waals surface area contributed by atoms with Crippen molar-refractivity contribution in [3.63, 3.8) is 0 Å². The van der Waals surface area contributed by atoms with Gasteiger partial charge in [0.15, 0.2) is 0 Å². The van der Waals surface area contributed by atoms with Gasteiger partial charge in [0.1, 0.15) is 11.7 Å². The molecule has 1 aliphatic rings. The largest absolute Gasteiger partial charge is 0.465 e. The summed E-state index contributed by atoms with van der Waals surface area (Å²) in [4.78, 5) is 25.2.